The first-order valence-corrected chi connectivity index (χ1v) is 25.8. The molecule has 370 valence electrons. The van der Waals surface area contributed by atoms with E-state index in [0.717, 1.165) is 28.0 Å². The Morgan fingerprint density at radius 3 is 1.50 bits per heavy atom. The van der Waals surface area contributed by atoms with Crippen LogP contribution in [-0.4, -0.2) is 94.1 Å². The van der Waals surface area contributed by atoms with E-state index in [-0.39, 0.29) is 82.3 Å². The Labute approximate surface area is 416 Å². The van der Waals surface area contributed by atoms with Crippen LogP contribution in [-0.2, 0) is 29.3 Å². The van der Waals surface area contributed by atoms with Gasteiger partial charge in [0.1, 0.15) is 50.9 Å². The second-order valence-corrected chi connectivity index (χ2v) is 20.1. The highest BCUT2D eigenvalue weighted by molar-refractivity contribution is 7.97. The molecule has 0 saturated carbocycles. The van der Waals surface area contributed by atoms with E-state index in [1.807, 2.05) is 54.6 Å². The van der Waals surface area contributed by atoms with Gasteiger partial charge in [-0.15, -0.1) is 0 Å². The van der Waals surface area contributed by atoms with Crippen LogP contribution in [0.25, 0.3) is 34.4 Å². The molecule has 0 aliphatic carbocycles. The molecule has 18 heteroatoms. The Morgan fingerprint density at radius 1 is 0.458 bits per heavy atom. The SMILES string of the molecule is COc1ccccc1-c1ccc(C(=O)NCCCNC(=O)C2=Cc3ccc(OCCOc4ccccc4-c4ccc(C(=O)NCCCNC(=O)C5=Cc6cccc(OC)c6S5(=O)=O)cc4)cc3S2(=O)=O)cc1. The summed E-state index contributed by atoms with van der Waals surface area (Å²) in [6, 6.07) is 38.3. The first-order valence-electron chi connectivity index (χ1n) is 22.9. The molecular weight excluding hydrogens is 961 g/mol. The third-order valence-electron chi connectivity index (χ3n) is 11.7. The van der Waals surface area contributed by atoms with Crippen molar-refractivity contribution in [2.45, 2.75) is 22.6 Å². The first-order chi connectivity index (χ1) is 34.8. The summed E-state index contributed by atoms with van der Waals surface area (Å²) in [5.74, 6) is -0.370. The number of benzene rings is 6. The highest BCUT2D eigenvalue weighted by Crippen LogP contribution is 2.39. The van der Waals surface area contributed by atoms with Crippen LogP contribution in [0.4, 0.5) is 0 Å². The van der Waals surface area contributed by atoms with Gasteiger partial charge < -0.3 is 40.2 Å². The van der Waals surface area contributed by atoms with Crippen molar-refractivity contribution in [3.05, 3.63) is 166 Å². The second kappa shape index (κ2) is 22.2. The Bertz CT molecular complexity index is 3340. The first kappa shape index (κ1) is 50.2. The number of ether oxygens (including phenoxy) is 4. The minimum atomic E-state index is -4.13. The van der Waals surface area contributed by atoms with Crippen LogP contribution in [0.5, 0.6) is 23.0 Å². The predicted octanol–water partition coefficient (Wildman–Crippen LogP) is 6.62. The lowest BCUT2D eigenvalue weighted by atomic mass is 10.0. The maximum atomic E-state index is 13.5. The van der Waals surface area contributed by atoms with Crippen LogP contribution < -0.4 is 40.2 Å². The third-order valence-corrected chi connectivity index (χ3v) is 15.4. The number of carbonyl (C=O) groups is 4. The number of sulfone groups is 2. The van der Waals surface area contributed by atoms with Gasteiger partial charge in [0.25, 0.3) is 23.6 Å². The summed E-state index contributed by atoms with van der Waals surface area (Å²) in [6.07, 6.45) is 3.37. The fourth-order valence-electron chi connectivity index (χ4n) is 8.08. The molecule has 0 aromatic heterocycles. The van der Waals surface area contributed by atoms with Crippen molar-refractivity contribution in [3.8, 4) is 45.3 Å². The quantitative estimate of drug-likeness (QED) is 0.0559. The van der Waals surface area contributed by atoms with E-state index in [0.29, 0.717) is 40.8 Å². The molecule has 0 bridgehead atoms. The highest BCUT2D eigenvalue weighted by Gasteiger charge is 2.37. The molecule has 72 heavy (non-hydrogen) atoms. The molecule has 0 atom stereocenters. The number of fused-ring (bicyclic) bond motifs is 2. The van der Waals surface area contributed by atoms with E-state index < -0.39 is 31.5 Å². The van der Waals surface area contributed by atoms with E-state index in [2.05, 4.69) is 21.3 Å². The minimum absolute atomic E-state index is 0.0364. The van der Waals surface area contributed by atoms with Gasteiger partial charge in [0.05, 0.1) is 19.1 Å². The van der Waals surface area contributed by atoms with Crippen LogP contribution in [0.1, 0.15) is 44.7 Å². The largest absolute Gasteiger partial charge is 0.496 e. The van der Waals surface area contributed by atoms with E-state index in [9.17, 15) is 36.0 Å². The molecule has 16 nitrogen and oxygen atoms in total. The number of methoxy groups -OCH3 is 2. The number of amides is 4. The van der Waals surface area contributed by atoms with Gasteiger partial charge >= 0.3 is 0 Å². The van der Waals surface area contributed by atoms with Crippen molar-refractivity contribution in [1.82, 2.24) is 21.3 Å². The minimum Gasteiger partial charge on any atom is -0.496 e. The van der Waals surface area contributed by atoms with Crippen LogP contribution in [0, 0.1) is 0 Å². The van der Waals surface area contributed by atoms with Gasteiger partial charge in [-0.05, 0) is 108 Å². The van der Waals surface area contributed by atoms with Crippen LogP contribution >= 0.6 is 0 Å². The summed E-state index contributed by atoms with van der Waals surface area (Å²) in [5, 5.41) is 10.9. The molecule has 0 spiro atoms. The van der Waals surface area contributed by atoms with Crippen molar-refractivity contribution in [3.63, 3.8) is 0 Å². The topological polar surface area (TPSA) is 222 Å². The number of rotatable bonds is 21. The molecule has 4 amide bonds. The van der Waals surface area contributed by atoms with Gasteiger partial charge in [-0.25, -0.2) is 16.8 Å². The van der Waals surface area contributed by atoms with Gasteiger partial charge in [-0.2, -0.15) is 0 Å². The van der Waals surface area contributed by atoms with Gasteiger partial charge in [-0.1, -0.05) is 72.8 Å². The Morgan fingerprint density at radius 2 is 0.931 bits per heavy atom. The number of para-hydroxylation sites is 2. The second-order valence-electron chi connectivity index (χ2n) is 16.4. The molecule has 2 heterocycles. The molecule has 6 aromatic rings. The van der Waals surface area contributed by atoms with Gasteiger partial charge in [-0.3, -0.25) is 19.2 Å². The van der Waals surface area contributed by atoms with E-state index in [1.54, 1.807) is 73.8 Å². The van der Waals surface area contributed by atoms with Crippen molar-refractivity contribution in [1.29, 1.82) is 0 Å². The van der Waals surface area contributed by atoms with Crippen molar-refractivity contribution < 1.29 is 55.0 Å². The van der Waals surface area contributed by atoms with E-state index in [4.69, 9.17) is 18.9 Å². The molecule has 6 aromatic carbocycles. The normalized spacial score (nSPS) is 13.6. The summed E-state index contributed by atoms with van der Waals surface area (Å²) in [6.45, 7) is 0.929. The lowest BCUT2D eigenvalue weighted by Gasteiger charge is -2.13. The summed E-state index contributed by atoms with van der Waals surface area (Å²) >= 11 is 0. The summed E-state index contributed by atoms with van der Waals surface area (Å²) in [7, 11) is -5.21. The van der Waals surface area contributed by atoms with Crippen molar-refractivity contribution in [2.24, 2.45) is 0 Å². The van der Waals surface area contributed by atoms with Crippen LogP contribution in [0.15, 0.2) is 153 Å². The van der Waals surface area contributed by atoms with E-state index in [1.165, 1.54) is 31.4 Å². The van der Waals surface area contributed by atoms with Crippen molar-refractivity contribution in [2.75, 3.05) is 53.6 Å². The Kier molecular flexibility index (Phi) is 15.5. The third kappa shape index (κ3) is 11.0. The molecule has 0 radical (unpaired) electrons. The zero-order valence-corrected chi connectivity index (χ0v) is 40.9. The Hall–Kier alpha value is -8.22. The zero-order chi connectivity index (χ0) is 50.8. The number of nitrogens with one attached hydrogen (secondary N) is 4. The van der Waals surface area contributed by atoms with Gasteiger partial charge in [0.2, 0.25) is 19.7 Å². The van der Waals surface area contributed by atoms with Gasteiger partial charge in [0, 0.05) is 48.4 Å². The average Bonchev–Trinajstić information content (AvgIpc) is 3.84. The molecule has 2 aliphatic heterocycles. The smallest absolute Gasteiger partial charge is 0.263 e. The van der Waals surface area contributed by atoms with Crippen LogP contribution in [0.3, 0.4) is 0 Å². The van der Waals surface area contributed by atoms with Crippen molar-refractivity contribution >= 4 is 55.5 Å². The van der Waals surface area contributed by atoms with Gasteiger partial charge in [0.15, 0.2) is 0 Å². The monoisotopic (exact) mass is 1010 g/mol. The lowest BCUT2D eigenvalue weighted by Crippen LogP contribution is -2.31. The number of hydrogen-bond acceptors (Lipinski definition) is 12. The standard InChI is InChI=1S/C54H50N4O12S2/c1-67-44-13-5-3-11-42(44)35-16-20-37(21-17-35)51(59)55-26-8-28-57-53(61)48-32-39-24-25-41(34-47(39)71(48,63)64)69-30-31-70-45-14-6-4-12-43(45)36-18-22-38(23-19-36)52(60)56-27-9-29-58-54(62)49-33-40-10-7-15-46(68-2)50(40)72(49,65)66/h3-7,10-25,32-34H,8-9,26-31H2,1-2H3,(H,55,59)(H,56,60)(H,57,61)(H,58,62). The number of carbonyl (C=O) groups excluding carboxylic acids is 4. The van der Waals surface area contributed by atoms with Crippen LogP contribution in [0.2, 0.25) is 0 Å². The average molecular weight is 1010 g/mol. The zero-order valence-electron chi connectivity index (χ0n) is 39.2. The Balaban J connectivity index is 0.745. The maximum absolute atomic E-state index is 13.5. The summed E-state index contributed by atoms with van der Waals surface area (Å²) in [4.78, 5) is 50.7. The fraction of sp³-hybridized carbons (Fsp3) is 0.185. The molecule has 0 fully saturated rings. The molecular formula is C54H50N4O12S2. The number of hydrogen-bond donors (Lipinski definition) is 4. The summed E-state index contributed by atoms with van der Waals surface area (Å²) < 4.78 is 75.5. The maximum Gasteiger partial charge on any atom is 0.263 e. The molecule has 4 N–H and O–H groups in total. The fourth-order valence-corrected chi connectivity index (χ4v) is 11.3. The molecule has 0 unspecified atom stereocenters. The van der Waals surface area contributed by atoms with E-state index >= 15 is 0 Å². The molecule has 8 rings (SSSR count). The molecule has 2 aliphatic rings. The lowest BCUT2D eigenvalue weighted by molar-refractivity contribution is -0.117. The summed E-state index contributed by atoms with van der Waals surface area (Å²) in [5.41, 5.74) is 4.98. The molecule has 0 saturated heterocycles. The predicted molar refractivity (Wildman–Crippen MR) is 271 cm³/mol. The highest BCUT2D eigenvalue weighted by atomic mass is 32.2.